The molecule has 1 aromatic carbocycles. The summed E-state index contributed by atoms with van der Waals surface area (Å²) in [6, 6.07) is 2.88. The first-order valence-corrected chi connectivity index (χ1v) is 9.17. The lowest BCUT2D eigenvalue weighted by molar-refractivity contribution is -0.0228. The summed E-state index contributed by atoms with van der Waals surface area (Å²) in [7, 11) is -3.94. The van der Waals surface area contributed by atoms with E-state index in [2.05, 4.69) is 20.7 Å². The van der Waals surface area contributed by atoms with Crippen LogP contribution in [0.2, 0.25) is 10.0 Å². The van der Waals surface area contributed by atoms with E-state index < -0.39 is 21.7 Å². The maximum atomic E-state index is 12.3. The smallest absolute Gasteiger partial charge is 0.243 e. The molecule has 0 radical (unpaired) electrons. The first-order chi connectivity index (χ1) is 9.66. The van der Waals surface area contributed by atoms with Gasteiger partial charge < -0.3 is 9.84 Å². The lowest BCUT2D eigenvalue weighted by Crippen LogP contribution is -2.47. The van der Waals surface area contributed by atoms with E-state index in [4.69, 9.17) is 27.9 Å². The molecule has 2 atom stereocenters. The first-order valence-electron chi connectivity index (χ1n) is 6.14. The number of aliphatic hydroxyl groups is 1. The average Bonchev–Trinajstić information content (AvgIpc) is 2.66. The molecule has 9 heteroatoms. The second-order valence-corrected chi connectivity index (χ2v) is 8.32. The molecule has 21 heavy (non-hydrogen) atoms. The summed E-state index contributed by atoms with van der Waals surface area (Å²) >= 11 is 15.1. The number of halogens is 3. The standard InChI is InChI=1S/C12H14BrCl2NO4S/c1-7-12(17,2-3-20-7)6-16-21(18,19)11-9(14)4-8(13)5-10(11)15/h4-5,7,16-17H,2-3,6H2,1H3. The van der Waals surface area contributed by atoms with Crippen molar-refractivity contribution in [1.29, 1.82) is 0 Å². The number of benzene rings is 1. The van der Waals surface area contributed by atoms with E-state index in [0.717, 1.165) is 0 Å². The highest BCUT2D eigenvalue weighted by atomic mass is 79.9. The van der Waals surface area contributed by atoms with Gasteiger partial charge in [0.1, 0.15) is 10.5 Å². The first kappa shape index (κ1) is 17.5. The van der Waals surface area contributed by atoms with Crippen LogP contribution in [-0.2, 0) is 14.8 Å². The second kappa shape index (κ2) is 6.31. The maximum absolute atomic E-state index is 12.3. The van der Waals surface area contributed by atoms with Crippen LogP contribution in [0, 0.1) is 0 Å². The zero-order chi connectivity index (χ0) is 15.8. The van der Waals surface area contributed by atoms with Crippen molar-refractivity contribution in [2.75, 3.05) is 13.2 Å². The molecule has 5 nitrogen and oxygen atoms in total. The zero-order valence-corrected chi connectivity index (χ0v) is 15.0. The third-order valence-electron chi connectivity index (χ3n) is 3.46. The Kier molecular flexibility index (Phi) is 5.25. The molecule has 0 spiro atoms. The van der Waals surface area contributed by atoms with Crippen molar-refractivity contribution < 1.29 is 18.3 Å². The van der Waals surface area contributed by atoms with Crippen molar-refractivity contribution in [3.63, 3.8) is 0 Å². The van der Waals surface area contributed by atoms with Gasteiger partial charge in [-0.2, -0.15) is 0 Å². The molecule has 118 valence electrons. The molecule has 1 aromatic rings. The van der Waals surface area contributed by atoms with Crippen molar-refractivity contribution >= 4 is 49.2 Å². The molecule has 1 heterocycles. The fourth-order valence-electron chi connectivity index (χ4n) is 2.08. The molecule has 2 rings (SSSR count). The van der Waals surface area contributed by atoms with Crippen LogP contribution < -0.4 is 4.72 Å². The van der Waals surface area contributed by atoms with E-state index in [9.17, 15) is 13.5 Å². The Balaban J connectivity index is 2.24. The Morgan fingerprint density at radius 1 is 1.48 bits per heavy atom. The third kappa shape index (κ3) is 3.72. The van der Waals surface area contributed by atoms with Crippen molar-refractivity contribution in [1.82, 2.24) is 4.72 Å². The van der Waals surface area contributed by atoms with Crippen molar-refractivity contribution in [3.05, 3.63) is 26.7 Å². The molecular weight excluding hydrogens is 405 g/mol. The number of rotatable bonds is 4. The lowest BCUT2D eigenvalue weighted by atomic mass is 9.97. The maximum Gasteiger partial charge on any atom is 0.243 e. The van der Waals surface area contributed by atoms with Gasteiger partial charge in [0.15, 0.2) is 0 Å². The van der Waals surface area contributed by atoms with E-state index >= 15 is 0 Å². The van der Waals surface area contributed by atoms with Gasteiger partial charge in [-0.25, -0.2) is 13.1 Å². The van der Waals surface area contributed by atoms with Crippen LogP contribution in [0.5, 0.6) is 0 Å². The normalized spacial score (nSPS) is 26.2. The number of hydrogen-bond donors (Lipinski definition) is 2. The van der Waals surface area contributed by atoms with Crippen LogP contribution in [0.15, 0.2) is 21.5 Å². The van der Waals surface area contributed by atoms with Crippen LogP contribution in [0.3, 0.4) is 0 Å². The lowest BCUT2D eigenvalue weighted by Gasteiger charge is -2.26. The van der Waals surface area contributed by atoms with E-state index in [0.29, 0.717) is 17.5 Å². The number of sulfonamides is 1. The van der Waals surface area contributed by atoms with E-state index in [-0.39, 0.29) is 21.5 Å². The highest BCUT2D eigenvalue weighted by molar-refractivity contribution is 9.10. The van der Waals surface area contributed by atoms with Gasteiger partial charge in [-0.15, -0.1) is 0 Å². The third-order valence-corrected chi connectivity index (χ3v) is 6.24. The minimum absolute atomic E-state index is 0.00425. The average molecular weight is 419 g/mol. The fraction of sp³-hybridized carbons (Fsp3) is 0.500. The monoisotopic (exact) mass is 417 g/mol. The second-order valence-electron chi connectivity index (χ2n) is 4.89. The molecule has 1 aliphatic heterocycles. The van der Waals surface area contributed by atoms with Crippen LogP contribution in [-0.4, -0.2) is 38.4 Å². The summed E-state index contributed by atoms with van der Waals surface area (Å²) < 4.78 is 32.9. The molecular formula is C12H14BrCl2NO4S. The molecule has 0 aliphatic carbocycles. The van der Waals surface area contributed by atoms with Gasteiger partial charge in [-0.1, -0.05) is 39.1 Å². The summed E-state index contributed by atoms with van der Waals surface area (Å²) in [5, 5.41) is 10.3. The number of hydrogen-bond acceptors (Lipinski definition) is 4. The zero-order valence-electron chi connectivity index (χ0n) is 11.1. The minimum Gasteiger partial charge on any atom is -0.386 e. The Hall–Kier alpha value is 0.110. The van der Waals surface area contributed by atoms with E-state index in [1.807, 2.05) is 0 Å². The largest absolute Gasteiger partial charge is 0.386 e. The molecule has 1 aliphatic rings. The van der Waals surface area contributed by atoms with Crippen molar-refractivity contribution in [2.24, 2.45) is 0 Å². The Morgan fingerprint density at radius 3 is 2.52 bits per heavy atom. The van der Waals surface area contributed by atoms with Gasteiger partial charge in [0.2, 0.25) is 10.0 Å². The highest BCUT2D eigenvalue weighted by Crippen LogP contribution is 2.33. The minimum atomic E-state index is -3.94. The molecule has 2 unspecified atom stereocenters. The van der Waals surface area contributed by atoms with Gasteiger partial charge in [0.05, 0.1) is 16.1 Å². The van der Waals surface area contributed by atoms with Crippen molar-refractivity contribution in [3.8, 4) is 0 Å². The highest BCUT2D eigenvalue weighted by Gasteiger charge is 2.40. The Bertz CT molecular complexity index is 632. The molecule has 1 saturated heterocycles. The van der Waals surface area contributed by atoms with Gasteiger partial charge in [-0.05, 0) is 19.1 Å². The fourth-order valence-corrected chi connectivity index (χ4v) is 5.11. The van der Waals surface area contributed by atoms with Gasteiger partial charge in [-0.3, -0.25) is 0 Å². The summed E-state index contributed by atoms with van der Waals surface area (Å²) in [5.41, 5.74) is -1.23. The molecule has 0 bridgehead atoms. The van der Waals surface area contributed by atoms with Crippen LogP contribution in [0.1, 0.15) is 13.3 Å². The van der Waals surface area contributed by atoms with Crippen LogP contribution >= 0.6 is 39.1 Å². The van der Waals surface area contributed by atoms with Gasteiger partial charge in [0.25, 0.3) is 0 Å². The SMILES string of the molecule is CC1OCCC1(O)CNS(=O)(=O)c1c(Cl)cc(Br)cc1Cl. The van der Waals surface area contributed by atoms with Crippen LogP contribution in [0.4, 0.5) is 0 Å². The Morgan fingerprint density at radius 2 is 2.05 bits per heavy atom. The number of nitrogens with one attached hydrogen (secondary N) is 1. The van der Waals surface area contributed by atoms with Gasteiger partial charge >= 0.3 is 0 Å². The molecule has 0 aromatic heterocycles. The summed E-state index contributed by atoms with van der Waals surface area (Å²) in [6.45, 7) is 1.92. The van der Waals surface area contributed by atoms with E-state index in [1.54, 1.807) is 6.92 Å². The predicted molar refractivity (Wildman–Crippen MR) is 84.3 cm³/mol. The number of ether oxygens (including phenoxy) is 1. The summed E-state index contributed by atoms with van der Waals surface area (Å²) in [4.78, 5) is -0.204. The molecule has 1 fully saturated rings. The predicted octanol–water partition coefficient (Wildman–Crippen LogP) is 2.57. The van der Waals surface area contributed by atoms with Crippen LogP contribution in [0.25, 0.3) is 0 Å². The molecule has 2 N–H and O–H groups in total. The Labute approximate surface area is 141 Å². The summed E-state index contributed by atoms with van der Waals surface area (Å²) in [5.74, 6) is 0. The topological polar surface area (TPSA) is 75.6 Å². The molecule has 0 amide bonds. The van der Waals surface area contributed by atoms with Gasteiger partial charge in [0, 0.05) is 24.0 Å². The van der Waals surface area contributed by atoms with E-state index in [1.165, 1.54) is 12.1 Å². The summed E-state index contributed by atoms with van der Waals surface area (Å²) in [6.07, 6.45) is -0.0885. The molecule has 0 saturated carbocycles. The van der Waals surface area contributed by atoms with Crippen molar-refractivity contribution in [2.45, 2.75) is 29.9 Å². The quantitative estimate of drug-likeness (QED) is 0.787.